The number of nitrogens with zero attached hydrogens (tertiary/aromatic N) is 3. The summed E-state index contributed by atoms with van der Waals surface area (Å²) in [5, 5.41) is 9.80. The first kappa shape index (κ1) is 17.1. The minimum atomic E-state index is -0.199. The molecule has 1 aliphatic carbocycles. The second-order valence-electron chi connectivity index (χ2n) is 6.67. The van der Waals surface area contributed by atoms with Gasteiger partial charge in [0.15, 0.2) is 0 Å². The highest BCUT2D eigenvalue weighted by atomic mass is 16.2. The van der Waals surface area contributed by atoms with Gasteiger partial charge in [0, 0.05) is 18.3 Å². The van der Waals surface area contributed by atoms with Gasteiger partial charge in [0.25, 0.3) is 0 Å². The molecule has 0 unspecified atom stereocenters. The Morgan fingerprint density at radius 1 is 1.24 bits per heavy atom. The lowest BCUT2D eigenvalue weighted by Gasteiger charge is -2.25. The summed E-state index contributed by atoms with van der Waals surface area (Å²) in [5.41, 5.74) is 1.26. The highest BCUT2D eigenvalue weighted by Gasteiger charge is 2.25. The number of aromatic nitrogens is 3. The maximum atomic E-state index is 12.4. The number of amides is 2. The molecule has 3 rings (SSSR count). The molecule has 1 aliphatic rings. The van der Waals surface area contributed by atoms with Gasteiger partial charge in [-0.05, 0) is 30.9 Å². The summed E-state index contributed by atoms with van der Waals surface area (Å²) >= 11 is 0. The summed E-state index contributed by atoms with van der Waals surface area (Å²) in [7, 11) is 0. The Kier molecular flexibility index (Phi) is 5.42. The topological polar surface area (TPSA) is 88.9 Å². The third kappa shape index (κ3) is 4.89. The van der Waals surface area contributed by atoms with Crippen LogP contribution in [0.1, 0.15) is 32.6 Å². The molecule has 1 fully saturated rings. The van der Waals surface area contributed by atoms with Crippen molar-refractivity contribution in [3.05, 3.63) is 36.9 Å². The van der Waals surface area contributed by atoms with Crippen LogP contribution in [0.25, 0.3) is 0 Å². The van der Waals surface area contributed by atoms with Crippen molar-refractivity contribution in [2.45, 2.75) is 39.2 Å². The van der Waals surface area contributed by atoms with Gasteiger partial charge in [-0.3, -0.25) is 19.3 Å². The van der Waals surface area contributed by atoms with Gasteiger partial charge in [-0.15, -0.1) is 0 Å². The first-order valence-corrected chi connectivity index (χ1v) is 8.63. The smallest absolute Gasteiger partial charge is 0.246 e. The van der Waals surface area contributed by atoms with Crippen molar-refractivity contribution >= 4 is 23.2 Å². The molecule has 0 radical (unpaired) electrons. The predicted octanol–water partition coefficient (Wildman–Crippen LogP) is 2.68. The number of hydrogen-bond donors (Lipinski definition) is 2. The Balaban J connectivity index is 1.51. The highest BCUT2D eigenvalue weighted by molar-refractivity contribution is 5.92. The van der Waals surface area contributed by atoms with Crippen LogP contribution in [0.3, 0.4) is 0 Å². The van der Waals surface area contributed by atoms with Crippen LogP contribution in [0, 0.1) is 11.8 Å². The molecule has 0 saturated heterocycles. The first-order valence-electron chi connectivity index (χ1n) is 8.63. The lowest BCUT2D eigenvalue weighted by molar-refractivity contribution is -0.121. The number of pyridine rings is 1. The number of carbonyl (C=O) groups excluding carboxylic acids is 2. The van der Waals surface area contributed by atoms with E-state index in [2.05, 4.69) is 27.6 Å². The second-order valence-corrected chi connectivity index (χ2v) is 6.67. The summed E-state index contributed by atoms with van der Waals surface area (Å²) < 4.78 is 1.50. The van der Waals surface area contributed by atoms with Gasteiger partial charge in [0.1, 0.15) is 6.54 Å². The molecule has 0 spiro atoms. The van der Waals surface area contributed by atoms with Crippen molar-refractivity contribution < 1.29 is 9.59 Å². The number of anilines is 2. The van der Waals surface area contributed by atoms with Crippen molar-refractivity contribution in [2.24, 2.45) is 11.8 Å². The SMILES string of the molecule is C[C@@H]1CCC[C@@H](C(=O)Nc2cnn(CC(=O)Nc3cccnc3)c2)C1. The molecule has 1 saturated carbocycles. The van der Waals surface area contributed by atoms with Crippen molar-refractivity contribution in [3.63, 3.8) is 0 Å². The van der Waals surface area contributed by atoms with Gasteiger partial charge in [-0.2, -0.15) is 5.10 Å². The van der Waals surface area contributed by atoms with Crippen LogP contribution >= 0.6 is 0 Å². The molecule has 0 aliphatic heterocycles. The van der Waals surface area contributed by atoms with Gasteiger partial charge in [-0.1, -0.05) is 19.8 Å². The maximum Gasteiger partial charge on any atom is 0.246 e. The maximum absolute atomic E-state index is 12.4. The Labute approximate surface area is 146 Å². The quantitative estimate of drug-likeness (QED) is 0.875. The number of nitrogens with one attached hydrogen (secondary N) is 2. The molecule has 2 aromatic rings. The van der Waals surface area contributed by atoms with E-state index in [0.717, 1.165) is 19.3 Å². The molecular weight excluding hydrogens is 318 g/mol. The van der Waals surface area contributed by atoms with Crippen LogP contribution in [-0.2, 0) is 16.1 Å². The second kappa shape index (κ2) is 7.92. The van der Waals surface area contributed by atoms with E-state index in [1.165, 1.54) is 11.1 Å². The minimum Gasteiger partial charge on any atom is -0.323 e. The van der Waals surface area contributed by atoms with Gasteiger partial charge in [-0.25, -0.2) is 0 Å². The molecule has 2 amide bonds. The summed E-state index contributed by atoms with van der Waals surface area (Å²) in [6, 6.07) is 3.52. The van der Waals surface area contributed by atoms with Crippen molar-refractivity contribution in [2.75, 3.05) is 10.6 Å². The van der Waals surface area contributed by atoms with Crippen LogP contribution in [0.4, 0.5) is 11.4 Å². The molecule has 25 heavy (non-hydrogen) atoms. The van der Waals surface area contributed by atoms with Crippen LogP contribution in [0.5, 0.6) is 0 Å². The normalized spacial score (nSPS) is 20.0. The predicted molar refractivity (Wildman–Crippen MR) is 94.8 cm³/mol. The van der Waals surface area contributed by atoms with Crippen molar-refractivity contribution in [3.8, 4) is 0 Å². The van der Waals surface area contributed by atoms with Gasteiger partial charge >= 0.3 is 0 Å². The average Bonchev–Trinajstić information content (AvgIpc) is 3.02. The van der Waals surface area contributed by atoms with E-state index >= 15 is 0 Å². The van der Waals surface area contributed by atoms with E-state index in [9.17, 15) is 9.59 Å². The largest absolute Gasteiger partial charge is 0.323 e. The zero-order chi connectivity index (χ0) is 17.6. The summed E-state index contributed by atoms with van der Waals surface area (Å²) in [6.07, 6.45) is 10.7. The highest BCUT2D eigenvalue weighted by Crippen LogP contribution is 2.29. The zero-order valence-electron chi connectivity index (χ0n) is 14.3. The van der Waals surface area contributed by atoms with Crippen molar-refractivity contribution in [1.82, 2.24) is 14.8 Å². The molecule has 0 aromatic carbocycles. The van der Waals surface area contributed by atoms with E-state index in [0.29, 0.717) is 17.3 Å². The fourth-order valence-corrected chi connectivity index (χ4v) is 3.22. The molecule has 2 heterocycles. The summed E-state index contributed by atoms with van der Waals surface area (Å²) in [6.45, 7) is 2.27. The molecule has 2 N–H and O–H groups in total. The fraction of sp³-hybridized carbons (Fsp3) is 0.444. The van der Waals surface area contributed by atoms with Crippen LogP contribution in [0.2, 0.25) is 0 Å². The van der Waals surface area contributed by atoms with E-state index in [4.69, 9.17) is 0 Å². The summed E-state index contributed by atoms with van der Waals surface area (Å²) in [4.78, 5) is 28.3. The van der Waals surface area contributed by atoms with Gasteiger partial charge in [0.2, 0.25) is 11.8 Å². The number of carbonyl (C=O) groups is 2. The fourth-order valence-electron chi connectivity index (χ4n) is 3.22. The van der Waals surface area contributed by atoms with Crippen LogP contribution in [0.15, 0.2) is 36.9 Å². The van der Waals surface area contributed by atoms with Gasteiger partial charge < -0.3 is 10.6 Å². The third-order valence-corrected chi connectivity index (χ3v) is 4.46. The minimum absolute atomic E-state index is 0.0471. The van der Waals surface area contributed by atoms with Crippen LogP contribution in [-0.4, -0.2) is 26.6 Å². The number of hydrogen-bond acceptors (Lipinski definition) is 4. The average molecular weight is 341 g/mol. The molecule has 132 valence electrons. The van der Waals surface area contributed by atoms with E-state index < -0.39 is 0 Å². The molecular formula is C18H23N5O2. The third-order valence-electron chi connectivity index (χ3n) is 4.46. The molecule has 2 aromatic heterocycles. The number of rotatable bonds is 5. The van der Waals surface area contributed by atoms with Crippen LogP contribution < -0.4 is 10.6 Å². The lowest BCUT2D eigenvalue weighted by Crippen LogP contribution is -2.27. The molecule has 0 bridgehead atoms. The Bertz CT molecular complexity index is 728. The van der Waals surface area contributed by atoms with Crippen molar-refractivity contribution in [1.29, 1.82) is 0 Å². The van der Waals surface area contributed by atoms with E-state index in [1.54, 1.807) is 36.9 Å². The Morgan fingerprint density at radius 2 is 2.12 bits per heavy atom. The first-order chi connectivity index (χ1) is 12.1. The van der Waals surface area contributed by atoms with E-state index in [-0.39, 0.29) is 24.3 Å². The molecule has 7 nitrogen and oxygen atoms in total. The Hall–Kier alpha value is -2.70. The monoisotopic (exact) mass is 341 g/mol. The summed E-state index contributed by atoms with van der Waals surface area (Å²) in [5.74, 6) is 0.519. The molecule has 2 atom stereocenters. The molecule has 7 heteroatoms. The standard InChI is InChI=1S/C18H23N5O2/c1-13-4-2-5-14(8-13)18(25)22-16-10-20-23(11-16)12-17(24)21-15-6-3-7-19-9-15/h3,6-7,9-11,13-14H,2,4-5,8,12H2,1H3,(H,21,24)(H,22,25)/t13-,14-/m1/s1. The van der Waals surface area contributed by atoms with Gasteiger partial charge in [0.05, 0.1) is 23.8 Å². The lowest BCUT2D eigenvalue weighted by atomic mass is 9.82. The van der Waals surface area contributed by atoms with E-state index in [1.807, 2.05) is 0 Å². The Morgan fingerprint density at radius 3 is 2.88 bits per heavy atom. The zero-order valence-corrected chi connectivity index (χ0v) is 14.3.